The van der Waals surface area contributed by atoms with E-state index in [1.165, 1.54) is 6.20 Å². The van der Waals surface area contributed by atoms with Crippen LogP contribution in [-0.2, 0) is 10.0 Å². The number of hydrogen-bond acceptors (Lipinski definition) is 7. The molecule has 5 rings (SSSR count). The van der Waals surface area contributed by atoms with E-state index in [1.54, 1.807) is 48.7 Å². The molecule has 0 atom stereocenters. The van der Waals surface area contributed by atoms with Gasteiger partial charge in [0, 0.05) is 48.5 Å². The van der Waals surface area contributed by atoms with Crippen molar-refractivity contribution in [1.82, 2.24) is 15.0 Å². The molecule has 5 aromatic rings. The van der Waals surface area contributed by atoms with E-state index in [1.807, 2.05) is 37.2 Å². The SMILES string of the molecule is CN(C)c1cccc2c(S(=O)(=O)Nc3cc(-c4nc5ncccc5o4)ccn3)cccc12. The summed E-state index contributed by atoms with van der Waals surface area (Å²) >= 11 is 0. The van der Waals surface area contributed by atoms with Gasteiger partial charge in [0.05, 0.1) is 4.90 Å². The van der Waals surface area contributed by atoms with Crippen molar-refractivity contribution in [2.75, 3.05) is 23.7 Å². The number of oxazole rings is 1. The topological polar surface area (TPSA) is 101 Å². The predicted molar refractivity (Wildman–Crippen MR) is 124 cm³/mol. The fourth-order valence-corrected chi connectivity index (χ4v) is 4.82. The van der Waals surface area contributed by atoms with E-state index in [-0.39, 0.29) is 10.7 Å². The van der Waals surface area contributed by atoms with E-state index in [4.69, 9.17) is 4.42 Å². The first-order valence-corrected chi connectivity index (χ1v) is 11.3. The van der Waals surface area contributed by atoms with Gasteiger partial charge in [-0.05, 0) is 36.4 Å². The van der Waals surface area contributed by atoms with Gasteiger partial charge in [-0.2, -0.15) is 4.98 Å². The Bertz CT molecular complexity index is 1530. The third-order valence-electron chi connectivity index (χ3n) is 5.04. The lowest BCUT2D eigenvalue weighted by Gasteiger charge is -2.17. The minimum absolute atomic E-state index is 0.165. The highest BCUT2D eigenvalue weighted by molar-refractivity contribution is 7.93. The van der Waals surface area contributed by atoms with Gasteiger partial charge in [0.25, 0.3) is 10.0 Å². The standard InChI is InChI=1S/C23H19N5O3S/c1-28(2)18-8-3-7-17-16(18)6-4-10-20(17)32(29,30)27-21-14-15(11-13-24-21)23-26-22-19(31-23)9-5-12-25-22/h3-14H,1-2H3,(H,24,27). The van der Waals surface area contributed by atoms with E-state index >= 15 is 0 Å². The highest BCUT2D eigenvalue weighted by atomic mass is 32.2. The van der Waals surface area contributed by atoms with E-state index in [2.05, 4.69) is 19.7 Å². The third kappa shape index (κ3) is 3.52. The van der Waals surface area contributed by atoms with Crippen LogP contribution >= 0.6 is 0 Å². The zero-order valence-corrected chi connectivity index (χ0v) is 18.2. The summed E-state index contributed by atoms with van der Waals surface area (Å²) in [5.74, 6) is 0.501. The number of hydrogen-bond donors (Lipinski definition) is 1. The van der Waals surface area contributed by atoms with Crippen LogP contribution in [0, 0.1) is 0 Å². The fraction of sp³-hybridized carbons (Fsp3) is 0.0870. The molecule has 0 saturated heterocycles. The number of fused-ring (bicyclic) bond motifs is 2. The van der Waals surface area contributed by atoms with Crippen molar-refractivity contribution >= 4 is 43.5 Å². The van der Waals surface area contributed by atoms with Crippen LogP contribution in [0.1, 0.15) is 0 Å². The second kappa shape index (κ2) is 7.61. The van der Waals surface area contributed by atoms with E-state index < -0.39 is 10.0 Å². The summed E-state index contributed by atoms with van der Waals surface area (Å²) in [6, 6.07) is 17.6. The van der Waals surface area contributed by atoms with Gasteiger partial charge < -0.3 is 9.32 Å². The Labute approximate surface area is 184 Å². The van der Waals surface area contributed by atoms with Crippen LogP contribution in [0.4, 0.5) is 11.5 Å². The van der Waals surface area contributed by atoms with Crippen LogP contribution in [0.15, 0.2) is 82.4 Å². The van der Waals surface area contributed by atoms with Gasteiger partial charge in [-0.3, -0.25) is 4.72 Å². The minimum atomic E-state index is -3.90. The van der Waals surface area contributed by atoms with Gasteiger partial charge in [-0.25, -0.2) is 18.4 Å². The average Bonchev–Trinajstić information content (AvgIpc) is 3.22. The van der Waals surface area contributed by atoms with Crippen molar-refractivity contribution in [2.45, 2.75) is 4.90 Å². The zero-order valence-electron chi connectivity index (χ0n) is 17.4. The van der Waals surface area contributed by atoms with Crippen LogP contribution in [0.3, 0.4) is 0 Å². The first-order valence-electron chi connectivity index (χ1n) is 9.82. The molecule has 32 heavy (non-hydrogen) atoms. The largest absolute Gasteiger partial charge is 0.434 e. The summed E-state index contributed by atoms with van der Waals surface area (Å²) in [6.45, 7) is 0. The van der Waals surface area contributed by atoms with Crippen molar-refractivity contribution in [3.8, 4) is 11.5 Å². The highest BCUT2D eigenvalue weighted by Crippen LogP contribution is 2.31. The average molecular weight is 446 g/mol. The van der Waals surface area contributed by atoms with Gasteiger partial charge in [-0.15, -0.1) is 0 Å². The first kappa shape index (κ1) is 20.0. The molecule has 8 nitrogen and oxygen atoms in total. The molecule has 0 bridgehead atoms. The Morgan fingerprint density at radius 3 is 2.53 bits per heavy atom. The van der Waals surface area contributed by atoms with Gasteiger partial charge in [0.15, 0.2) is 11.2 Å². The molecule has 1 N–H and O–H groups in total. The van der Waals surface area contributed by atoms with Gasteiger partial charge in [-0.1, -0.05) is 24.3 Å². The molecule has 0 amide bonds. The Morgan fingerprint density at radius 2 is 1.72 bits per heavy atom. The molecule has 160 valence electrons. The number of benzene rings is 2. The first-order chi connectivity index (χ1) is 15.4. The number of nitrogens with zero attached hydrogens (tertiary/aromatic N) is 4. The highest BCUT2D eigenvalue weighted by Gasteiger charge is 2.20. The fourth-order valence-electron chi connectivity index (χ4n) is 3.59. The molecule has 3 aromatic heterocycles. The van der Waals surface area contributed by atoms with Gasteiger partial charge >= 0.3 is 0 Å². The molecule has 3 heterocycles. The maximum atomic E-state index is 13.3. The number of rotatable bonds is 5. The molecule has 0 aliphatic rings. The van der Waals surface area contributed by atoms with Crippen molar-refractivity contribution in [1.29, 1.82) is 0 Å². The van der Waals surface area contributed by atoms with Crippen LogP contribution < -0.4 is 9.62 Å². The van der Waals surface area contributed by atoms with Crippen molar-refractivity contribution in [3.05, 3.63) is 73.1 Å². The lowest BCUT2D eigenvalue weighted by Crippen LogP contribution is -2.15. The van der Waals surface area contributed by atoms with Crippen molar-refractivity contribution in [2.24, 2.45) is 0 Å². The summed E-state index contributed by atoms with van der Waals surface area (Å²) in [7, 11) is -0.0566. The second-order valence-corrected chi connectivity index (χ2v) is 9.05. The molecule has 0 radical (unpaired) electrons. The number of pyridine rings is 2. The van der Waals surface area contributed by atoms with Gasteiger partial charge in [0.2, 0.25) is 5.89 Å². The summed E-state index contributed by atoms with van der Waals surface area (Å²) < 4.78 is 34.9. The Hall–Kier alpha value is -3.98. The predicted octanol–water partition coefficient (Wildman–Crippen LogP) is 4.30. The van der Waals surface area contributed by atoms with Crippen LogP contribution in [0.5, 0.6) is 0 Å². The number of sulfonamides is 1. The van der Waals surface area contributed by atoms with Crippen molar-refractivity contribution < 1.29 is 12.8 Å². The monoisotopic (exact) mass is 445 g/mol. The summed E-state index contributed by atoms with van der Waals surface area (Å²) in [5.41, 5.74) is 2.55. The lowest BCUT2D eigenvalue weighted by molar-refractivity contribution is 0.601. The zero-order chi connectivity index (χ0) is 22.3. The summed E-state index contributed by atoms with van der Waals surface area (Å²) in [4.78, 5) is 14.8. The summed E-state index contributed by atoms with van der Waals surface area (Å²) in [6.07, 6.45) is 3.13. The number of anilines is 2. The Morgan fingerprint density at radius 1 is 0.906 bits per heavy atom. The smallest absolute Gasteiger partial charge is 0.263 e. The second-order valence-electron chi connectivity index (χ2n) is 7.40. The Balaban J connectivity index is 1.53. The molecule has 0 aliphatic heterocycles. The molecular weight excluding hydrogens is 426 g/mol. The van der Waals surface area contributed by atoms with E-state index in [9.17, 15) is 8.42 Å². The van der Waals surface area contributed by atoms with E-state index in [0.29, 0.717) is 28.1 Å². The quantitative estimate of drug-likeness (QED) is 0.430. The maximum Gasteiger partial charge on any atom is 0.263 e. The minimum Gasteiger partial charge on any atom is -0.434 e. The molecule has 0 spiro atoms. The molecule has 0 aliphatic carbocycles. The number of nitrogens with one attached hydrogen (secondary N) is 1. The van der Waals surface area contributed by atoms with Crippen LogP contribution in [-0.4, -0.2) is 37.5 Å². The maximum absolute atomic E-state index is 13.3. The van der Waals surface area contributed by atoms with Crippen LogP contribution in [0.25, 0.3) is 33.5 Å². The summed E-state index contributed by atoms with van der Waals surface area (Å²) in [5, 5.41) is 1.48. The molecule has 9 heteroatoms. The van der Waals surface area contributed by atoms with Gasteiger partial charge in [0.1, 0.15) is 5.82 Å². The molecule has 2 aromatic carbocycles. The normalized spacial score (nSPS) is 11.7. The number of aromatic nitrogens is 3. The van der Waals surface area contributed by atoms with E-state index in [0.717, 1.165) is 11.1 Å². The third-order valence-corrected chi connectivity index (χ3v) is 6.45. The lowest BCUT2D eigenvalue weighted by atomic mass is 10.1. The molecule has 0 fully saturated rings. The molecule has 0 unspecified atom stereocenters. The molecular formula is C23H19N5O3S. The van der Waals surface area contributed by atoms with Crippen LogP contribution in [0.2, 0.25) is 0 Å². The van der Waals surface area contributed by atoms with Crippen molar-refractivity contribution in [3.63, 3.8) is 0 Å². The Kier molecular flexibility index (Phi) is 4.75. The molecule has 0 saturated carbocycles.